The standard InChI is InChI=1S/C23H22N2O6S/c1-2-31-19-9-5-18(6-10-19)25-32(29,30)20-11-7-17(8-12-20)24-23(28)14-4-16-3-13-21(26)22(27)15-16/h3-15,25-27H,2H2,1H3,(H,24,28)/b14-4+. The lowest BCUT2D eigenvalue weighted by atomic mass is 10.2. The van der Waals surface area contributed by atoms with Gasteiger partial charge in [-0.15, -0.1) is 0 Å². The van der Waals surface area contributed by atoms with Crippen LogP contribution in [0.3, 0.4) is 0 Å². The Kier molecular flexibility index (Phi) is 7.01. The molecule has 0 aromatic heterocycles. The van der Waals surface area contributed by atoms with Gasteiger partial charge in [0.25, 0.3) is 10.0 Å². The molecule has 0 aliphatic heterocycles. The number of phenolic OH excluding ortho intramolecular Hbond substituents is 2. The second kappa shape index (κ2) is 9.88. The van der Waals surface area contributed by atoms with Gasteiger partial charge >= 0.3 is 0 Å². The Labute approximate surface area is 185 Å². The maximum atomic E-state index is 12.6. The Morgan fingerprint density at radius 2 is 1.59 bits per heavy atom. The fourth-order valence-electron chi connectivity index (χ4n) is 2.72. The van der Waals surface area contributed by atoms with E-state index in [0.717, 1.165) is 0 Å². The van der Waals surface area contributed by atoms with Crippen molar-refractivity contribution in [2.75, 3.05) is 16.6 Å². The first-order valence-corrected chi connectivity index (χ1v) is 11.1. The number of carbonyl (C=O) groups is 1. The van der Waals surface area contributed by atoms with E-state index in [-0.39, 0.29) is 16.4 Å². The van der Waals surface area contributed by atoms with Crippen LogP contribution in [0, 0.1) is 0 Å². The quantitative estimate of drug-likeness (QED) is 0.302. The van der Waals surface area contributed by atoms with Crippen LogP contribution < -0.4 is 14.8 Å². The van der Waals surface area contributed by atoms with Gasteiger partial charge in [0, 0.05) is 17.5 Å². The molecule has 3 aromatic rings. The van der Waals surface area contributed by atoms with Crippen molar-refractivity contribution < 1.29 is 28.2 Å². The molecule has 0 aliphatic carbocycles. The number of hydrogen-bond acceptors (Lipinski definition) is 6. The molecular weight excluding hydrogens is 432 g/mol. The molecule has 3 aromatic carbocycles. The van der Waals surface area contributed by atoms with E-state index in [2.05, 4.69) is 10.0 Å². The third kappa shape index (κ3) is 6.02. The third-order valence-corrected chi connectivity index (χ3v) is 5.67. The predicted octanol–water partition coefficient (Wildman–Crippen LogP) is 3.95. The average Bonchev–Trinajstić information content (AvgIpc) is 2.76. The predicted molar refractivity (Wildman–Crippen MR) is 122 cm³/mol. The Hall–Kier alpha value is -3.98. The summed E-state index contributed by atoms with van der Waals surface area (Å²) in [4.78, 5) is 12.1. The molecule has 0 atom stereocenters. The molecular formula is C23H22N2O6S. The van der Waals surface area contributed by atoms with E-state index >= 15 is 0 Å². The lowest BCUT2D eigenvalue weighted by Gasteiger charge is -2.10. The molecule has 0 bridgehead atoms. The number of anilines is 2. The molecule has 0 heterocycles. The molecule has 0 radical (unpaired) electrons. The van der Waals surface area contributed by atoms with E-state index in [9.17, 15) is 23.4 Å². The number of phenols is 2. The second-order valence-electron chi connectivity index (χ2n) is 6.66. The highest BCUT2D eigenvalue weighted by Crippen LogP contribution is 2.25. The van der Waals surface area contributed by atoms with Gasteiger partial charge in [-0.3, -0.25) is 9.52 Å². The van der Waals surface area contributed by atoms with E-state index in [1.165, 1.54) is 54.6 Å². The Morgan fingerprint density at radius 1 is 0.938 bits per heavy atom. The highest BCUT2D eigenvalue weighted by atomic mass is 32.2. The molecule has 0 unspecified atom stereocenters. The zero-order valence-electron chi connectivity index (χ0n) is 17.1. The minimum absolute atomic E-state index is 0.0412. The minimum Gasteiger partial charge on any atom is -0.504 e. The van der Waals surface area contributed by atoms with E-state index in [0.29, 0.717) is 29.3 Å². The first-order chi connectivity index (χ1) is 15.3. The fraction of sp³-hybridized carbons (Fsp3) is 0.0870. The fourth-order valence-corrected chi connectivity index (χ4v) is 3.78. The highest BCUT2D eigenvalue weighted by Gasteiger charge is 2.14. The lowest BCUT2D eigenvalue weighted by Crippen LogP contribution is -2.13. The van der Waals surface area contributed by atoms with Gasteiger partial charge in [-0.25, -0.2) is 8.42 Å². The van der Waals surface area contributed by atoms with Gasteiger partial charge in [-0.05, 0) is 79.2 Å². The molecule has 166 valence electrons. The van der Waals surface area contributed by atoms with Crippen molar-refractivity contribution in [3.05, 3.63) is 78.4 Å². The number of rotatable bonds is 8. The van der Waals surface area contributed by atoms with E-state index < -0.39 is 15.9 Å². The first kappa shape index (κ1) is 22.7. The number of sulfonamides is 1. The Balaban J connectivity index is 1.62. The summed E-state index contributed by atoms with van der Waals surface area (Å²) < 4.78 is 33.0. The SMILES string of the molecule is CCOc1ccc(NS(=O)(=O)c2ccc(NC(=O)/C=C/c3ccc(O)c(O)c3)cc2)cc1. The van der Waals surface area contributed by atoms with Crippen LogP contribution in [0.5, 0.6) is 17.2 Å². The van der Waals surface area contributed by atoms with Crippen LogP contribution in [0.1, 0.15) is 12.5 Å². The van der Waals surface area contributed by atoms with Crippen molar-refractivity contribution in [1.82, 2.24) is 0 Å². The van der Waals surface area contributed by atoms with Crippen molar-refractivity contribution in [3.63, 3.8) is 0 Å². The van der Waals surface area contributed by atoms with Crippen molar-refractivity contribution in [3.8, 4) is 17.2 Å². The minimum atomic E-state index is -3.80. The maximum Gasteiger partial charge on any atom is 0.261 e. The molecule has 0 aliphatic rings. The van der Waals surface area contributed by atoms with Crippen molar-refractivity contribution >= 4 is 33.4 Å². The smallest absolute Gasteiger partial charge is 0.261 e. The molecule has 8 nitrogen and oxygen atoms in total. The number of hydrogen-bond donors (Lipinski definition) is 4. The van der Waals surface area contributed by atoms with Crippen LogP contribution in [0.4, 0.5) is 11.4 Å². The van der Waals surface area contributed by atoms with Gasteiger partial charge in [-0.2, -0.15) is 0 Å². The van der Waals surface area contributed by atoms with E-state index in [1.54, 1.807) is 24.3 Å². The van der Waals surface area contributed by atoms with Gasteiger partial charge in [-0.1, -0.05) is 6.07 Å². The number of aromatic hydroxyl groups is 2. The molecule has 9 heteroatoms. The molecule has 1 amide bonds. The van der Waals surface area contributed by atoms with Crippen LogP contribution in [0.15, 0.2) is 77.7 Å². The summed E-state index contributed by atoms with van der Waals surface area (Å²) in [5.74, 6) is -0.339. The summed E-state index contributed by atoms with van der Waals surface area (Å²) in [5.41, 5.74) is 1.33. The number of benzene rings is 3. The summed E-state index contributed by atoms with van der Waals surface area (Å²) in [6.07, 6.45) is 2.72. The van der Waals surface area contributed by atoms with Gasteiger partial charge in [0.1, 0.15) is 5.75 Å². The van der Waals surface area contributed by atoms with Crippen LogP contribution in [-0.4, -0.2) is 31.1 Å². The zero-order valence-corrected chi connectivity index (χ0v) is 18.0. The zero-order chi connectivity index (χ0) is 23.1. The molecule has 0 spiro atoms. The first-order valence-electron chi connectivity index (χ1n) is 9.63. The summed E-state index contributed by atoms with van der Waals surface area (Å²) in [7, 11) is -3.80. The number of carbonyl (C=O) groups excluding carboxylic acids is 1. The topological polar surface area (TPSA) is 125 Å². The van der Waals surface area contributed by atoms with Crippen molar-refractivity contribution in [2.24, 2.45) is 0 Å². The van der Waals surface area contributed by atoms with E-state index in [4.69, 9.17) is 4.74 Å². The van der Waals surface area contributed by atoms with Crippen LogP contribution in [0.2, 0.25) is 0 Å². The number of ether oxygens (including phenoxy) is 1. The summed E-state index contributed by atoms with van der Waals surface area (Å²) in [6, 6.07) is 16.5. The lowest BCUT2D eigenvalue weighted by molar-refractivity contribution is -0.111. The second-order valence-corrected chi connectivity index (χ2v) is 8.34. The molecule has 0 saturated carbocycles. The highest BCUT2D eigenvalue weighted by molar-refractivity contribution is 7.92. The van der Waals surface area contributed by atoms with Gasteiger partial charge in [0.2, 0.25) is 5.91 Å². The molecule has 3 rings (SSSR count). The largest absolute Gasteiger partial charge is 0.504 e. The summed E-state index contributed by atoms with van der Waals surface area (Å²) in [5, 5.41) is 21.4. The molecule has 4 N–H and O–H groups in total. The molecule has 0 saturated heterocycles. The summed E-state index contributed by atoms with van der Waals surface area (Å²) in [6.45, 7) is 2.38. The van der Waals surface area contributed by atoms with E-state index in [1.807, 2.05) is 6.92 Å². The van der Waals surface area contributed by atoms with Crippen LogP contribution in [0.25, 0.3) is 6.08 Å². The Bertz CT molecular complexity index is 1220. The van der Waals surface area contributed by atoms with Crippen molar-refractivity contribution in [1.29, 1.82) is 0 Å². The van der Waals surface area contributed by atoms with Crippen LogP contribution >= 0.6 is 0 Å². The maximum absolute atomic E-state index is 12.6. The molecule has 0 fully saturated rings. The monoisotopic (exact) mass is 454 g/mol. The van der Waals surface area contributed by atoms with Gasteiger partial charge in [0.15, 0.2) is 11.5 Å². The molecule has 32 heavy (non-hydrogen) atoms. The third-order valence-electron chi connectivity index (χ3n) is 4.28. The van der Waals surface area contributed by atoms with Gasteiger partial charge < -0.3 is 20.3 Å². The number of nitrogens with one attached hydrogen (secondary N) is 2. The summed E-state index contributed by atoms with van der Waals surface area (Å²) >= 11 is 0. The number of amides is 1. The Morgan fingerprint density at radius 3 is 2.22 bits per heavy atom. The average molecular weight is 455 g/mol. The van der Waals surface area contributed by atoms with Crippen LogP contribution in [-0.2, 0) is 14.8 Å². The van der Waals surface area contributed by atoms with Gasteiger partial charge in [0.05, 0.1) is 11.5 Å². The normalized spacial score (nSPS) is 11.3. The van der Waals surface area contributed by atoms with Crippen molar-refractivity contribution in [2.45, 2.75) is 11.8 Å².